The second-order valence-corrected chi connectivity index (χ2v) is 4.11. The minimum absolute atomic E-state index is 0.00736. The van der Waals surface area contributed by atoms with Crippen molar-refractivity contribution in [3.8, 4) is 5.75 Å². The standard InChI is InChI=1S/C10H12N2O3/c11-10(3-4-10)6-7-5-8(12(14)15)1-2-9(7)13/h1-2,5,13H,3-4,6,11H2. The van der Waals surface area contributed by atoms with Crippen LogP contribution in [0.3, 0.4) is 0 Å². The van der Waals surface area contributed by atoms with Gasteiger partial charge in [0.15, 0.2) is 0 Å². The van der Waals surface area contributed by atoms with Gasteiger partial charge in [0.1, 0.15) is 5.75 Å². The summed E-state index contributed by atoms with van der Waals surface area (Å²) >= 11 is 0. The van der Waals surface area contributed by atoms with Crippen LogP contribution < -0.4 is 5.73 Å². The van der Waals surface area contributed by atoms with Crippen molar-refractivity contribution in [2.24, 2.45) is 5.73 Å². The Bertz CT molecular complexity index is 413. The summed E-state index contributed by atoms with van der Waals surface area (Å²) in [4.78, 5) is 10.1. The number of nitrogens with two attached hydrogens (primary N) is 1. The predicted octanol–water partition coefficient (Wildman–Crippen LogP) is 1.33. The highest BCUT2D eigenvalue weighted by Crippen LogP contribution is 2.38. The van der Waals surface area contributed by atoms with Crippen molar-refractivity contribution in [3.63, 3.8) is 0 Å². The molecule has 15 heavy (non-hydrogen) atoms. The van der Waals surface area contributed by atoms with E-state index in [4.69, 9.17) is 5.73 Å². The van der Waals surface area contributed by atoms with E-state index in [9.17, 15) is 15.2 Å². The van der Waals surface area contributed by atoms with E-state index in [0.29, 0.717) is 12.0 Å². The normalized spacial score (nSPS) is 17.4. The minimum atomic E-state index is -0.473. The molecule has 2 rings (SSSR count). The van der Waals surface area contributed by atoms with Crippen LogP contribution in [0, 0.1) is 10.1 Å². The Labute approximate surface area is 86.7 Å². The summed E-state index contributed by atoms with van der Waals surface area (Å²) in [6.07, 6.45) is 2.32. The first kappa shape index (κ1) is 9.92. The Morgan fingerprint density at radius 3 is 2.73 bits per heavy atom. The minimum Gasteiger partial charge on any atom is -0.508 e. The Hall–Kier alpha value is -1.62. The summed E-state index contributed by atoms with van der Waals surface area (Å²) in [5, 5.41) is 20.1. The lowest BCUT2D eigenvalue weighted by molar-refractivity contribution is -0.384. The summed E-state index contributed by atoms with van der Waals surface area (Å²) in [5.41, 5.74) is 6.19. The molecule has 5 heteroatoms. The van der Waals surface area contributed by atoms with Gasteiger partial charge in [-0.25, -0.2) is 0 Å². The molecule has 0 bridgehead atoms. The number of rotatable bonds is 3. The molecular formula is C10H12N2O3. The Balaban J connectivity index is 2.28. The summed E-state index contributed by atoms with van der Waals surface area (Å²) in [6, 6.07) is 4.02. The summed E-state index contributed by atoms with van der Waals surface area (Å²) in [6.45, 7) is 0. The highest BCUT2D eigenvalue weighted by atomic mass is 16.6. The van der Waals surface area contributed by atoms with Gasteiger partial charge in [0.05, 0.1) is 4.92 Å². The number of hydrogen-bond donors (Lipinski definition) is 2. The number of aromatic hydroxyl groups is 1. The maximum absolute atomic E-state index is 10.5. The van der Waals surface area contributed by atoms with E-state index in [1.165, 1.54) is 18.2 Å². The third-order valence-corrected chi connectivity index (χ3v) is 2.71. The fraction of sp³-hybridized carbons (Fsp3) is 0.400. The van der Waals surface area contributed by atoms with Crippen molar-refractivity contribution in [1.29, 1.82) is 0 Å². The van der Waals surface area contributed by atoms with Crippen LogP contribution in [0.1, 0.15) is 18.4 Å². The topological polar surface area (TPSA) is 89.4 Å². The van der Waals surface area contributed by atoms with Crippen molar-refractivity contribution >= 4 is 5.69 Å². The molecule has 1 fully saturated rings. The van der Waals surface area contributed by atoms with Crippen molar-refractivity contribution in [3.05, 3.63) is 33.9 Å². The lowest BCUT2D eigenvalue weighted by Gasteiger charge is -2.09. The number of non-ortho nitro benzene ring substituents is 1. The Morgan fingerprint density at radius 2 is 2.20 bits per heavy atom. The zero-order valence-electron chi connectivity index (χ0n) is 8.14. The van der Waals surface area contributed by atoms with Crippen LogP contribution in [-0.4, -0.2) is 15.6 Å². The van der Waals surface area contributed by atoms with E-state index in [1.54, 1.807) is 0 Å². The number of nitro groups is 1. The zero-order valence-corrected chi connectivity index (χ0v) is 8.14. The van der Waals surface area contributed by atoms with Crippen LogP contribution in [0.2, 0.25) is 0 Å². The van der Waals surface area contributed by atoms with Crippen molar-refractivity contribution in [2.75, 3.05) is 0 Å². The average molecular weight is 208 g/mol. The predicted molar refractivity (Wildman–Crippen MR) is 54.6 cm³/mol. The number of phenols is 1. The summed E-state index contributed by atoms with van der Waals surface area (Å²) < 4.78 is 0. The molecule has 0 spiro atoms. The number of hydrogen-bond acceptors (Lipinski definition) is 4. The van der Waals surface area contributed by atoms with Crippen molar-refractivity contribution < 1.29 is 10.0 Å². The maximum atomic E-state index is 10.5. The van der Waals surface area contributed by atoms with Crippen LogP contribution in [0.25, 0.3) is 0 Å². The van der Waals surface area contributed by atoms with Gasteiger partial charge in [0, 0.05) is 23.2 Å². The first-order valence-electron chi connectivity index (χ1n) is 4.75. The van der Waals surface area contributed by atoms with Gasteiger partial charge in [0.25, 0.3) is 5.69 Å². The number of benzene rings is 1. The molecule has 1 aromatic rings. The second-order valence-electron chi connectivity index (χ2n) is 4.11. The summed E-state index contributed by atoms with van der Waals surface area (Å²) in [5.74, 6) is 0.0809. The molecule has 0 aromatic heterocycles. The van der Waals surface area contributed by atoms with Gasteiger partial charge < -0.3 is 10.8 Å². The molecule has 1 saturated carbocycles. The number of nitro benzene ring substituents is 1. The third kappa shape index (κ3) is 2.07. The lowest BCUT2D eigenvalue weighted by Crippen LogP contribution is -2.24. The Morgan fingerprint density at radius 1 is 1.53 bits per heavy atom. The SMILES string of the molecule is NC1(Cc2cc([N+](=O)[O-])ccc2O)CC1. The molecule has 1 aliphatic rings. The highest BCUT2D eigenvalue weighted by molar-refractivity contribution is 5.44. The molecular weight excluding hydrogens is 196 g/mol. The fourth-order valence-electron chi connectivity index (χ4n) is 1.54. The van der Waals surface area contributed by atoms with Gasteiger partial charge in [-0.3, -0.25) is 10.1 Å². The van der Waals surface area contributed by atoms with E-state index in [-0.39, 0.29) is 17.0 Å². The third-order valence-electron chi connectivity index (χ3n) is 2.71. The molecule has 0 heterocycles. The highest BCUT2D eigenvalue weighted by Gasteiger charge is 2.38. The van der Waals surface area contributed by atoms with Gasteiger partial charge in [-0.2, -0.15) is 0 Å². The van der Waals surface area contributed by atoms with Gasteiger partial charge in [-0.05, 0) is 25.3 Å². The van der Waals surface area contributed by atoms with E-state index in [2.05, 4.69) is 0 Å². The maximum Gasteiger partial charge on any atom is 0.269 e. The van der Waals surface area contributed by atoms with Crippen LogP contribution in [-0.2, 0) is 6.42 Å². The summed E-state index contributed by atoms with van der Waals surface area (Å²) in [7, 11) is 0. The van der Waals surface area contributed by atoms with E-state index in [1.807, 2.05) is 0 Å². The molecule has 0 radical (unpaired) electrons. The van der Waals surface area contributed by atoms with Crippen molar-refractivity contribution in [2.45, 2.75) is 24.8 Å². The monoisotopic (exact) mass is 208 g/mol. The van der Waals surface area contributed by atoms with Gasteiger partial charge in [-0.1, -0.05) is 0 Å². The smallest absolute Gasteiger partial charge is 0.269 e. The zero-order chi connectivity index (χ0) is 11.1. The molecule has 80 valence electrons. The lowest BCUT2D eigenvalue weighted by atomic mass is 10.0. The molecule has 0 unspecified atom stereocenters. The average Bonchev–Trinajstić information content (AvgIpc) is 2.87. The van der Waals surface area contributed by atoms with Crippen LogP contribution in [0.15, 0.2) is 18.2 Å². The molecule has 3 N–H and O–H groups in total. The molecule has 0 atom stereocenters. The molecule has 1 aromatic carbocycles. The fourth-order valence-corrected chi connectivity index (χ4v) is 1.54. The van der Waals surface area contributed by atoms with Gasteiger partial charge >= 0.3 is 0 Å². The van der Waals surface area contributed by atoms with Crippen LogP contribution in [0.5, 0.6) is 5.75 Å². The Kier molecular flexibility index (Phi) is 2.12. The number of nitrogens with zero attached hydrogens (tertiary/aromatic N) is 1. The van der Waals surface area contributed by atoms with Crippen molar-refractivity contribution in [1.82, 2.24) is 0 Å². The largest absolute Gasteiger partial charge is 0.508 e. The first-order valence-corrected chi connectivity index (χ1v) is 4.75. The van der Waals surface area contributed by atoms with E-state index >= 15 is 0 Å². The van der Waals surface area contributed by atoms with E-state index < -0.39 is 4.92 Å². The molecule has 0 saturated heterocycles. The van der Waals surface area contributed by atoms with Crippen LogP contribution >= 0.6 is 0 Å². The van der Waals surface area contributed by atoms with Gasteiger partial charge in [-0.15, -0.1) is 0 Å². The molecule has 0 amide bonds. The molecule has 0 aliphatic heterocycles. The number of phenolic OH excluding ortho intramolecular Hbond substituents is 1. The quantitative estimate of drug-likeness (QED) is 0.579. The van der Waals surface area contributed by atoms with Crippen LogP contribution in [0.4, 0.5) is 5.69 Å². The molecule has 5 nitrogen and oxygen atoms in total. The second kappa shape index (κ2) is 3.20. The first-order chi connectivity index (χ1) is 7.00. The molecule has 1 aliphatic carbocycles. The van der Waals surface area contributed by atoms with Gasteiger partial charge in [0.2, 0.25) is 0 Å². The van der Waals surface area contributed by atoms with E-state index in [0.717, 1.165) is 12.8 Å².